The summed E-state index contributed by atoms with van der Waals surface area (Å²) in [5.74, 6) is 0. The standard InChI is InChI=1S/C14H19N3O2/c15-11-7-12-4-5-13(8-11)16(12)9-10-2-1-3-14(6-10)17(18)19/h1-3,6,11-13H,4-5,7-9,15H2. The molecule has 1 aromatic rings. The molecule has 102 valence electrons. The van der Waals surface area contributed by atoms with Gasteiger partial charge < -0.3 is 5.73 Å². The quantitative estimate of drug-likeness (QED) is 0.667. The minimum atomic E-state index is -0.329. The van der Waals surface area contributed by atoms with Crippen LogP contribution in [0.15, 0.2) is 24.3 Å². The van der Waals surface area contributed by atoms with Crippen molar-refractivity contribution in [3.05, 3.63) is 39.9 Å². The number of piperidine rings is 1. The van der Waals surface area contributed by atoms with E-state index in [1.165, 1.54) is 12.8 Å². The molecule has 2 aliphatic heterocycles. The van der Waals surface area contributed by atoms with Crippen LogP contribution in [0.1, 0.15) is 31.2 Å². The number of hydrogen-bond acceptors (Lipinski definition) is 4. The van der Waals surface area contributed by atoms with Crippen molar-refractivity contribution in [3.8, 4) is 0 Å². The van der Waals surface area contributed by atoms with Crippen molar-refractivity contribution < 1.29 is 4.92 Å². The zero-order chi connectivity index (χ0) is 13.4. The molecule has 2 heterocycles. The number of nitrogens with two attached hydrogens (primary N) is 1. The number of hydrogen-bond donors (Lipinski definition) is 1. The first-order valence-corrected chi connectivity index (χ1v) is 6.88. The van der Waals surface area contributed by atoms with Gasteiger partial charge in [-0.15, -0.1) is 0 Å². The van der Waals surface area contributed by atoms with Gasteiger partial charge >= 0.3 is 0 Å². The fourth-order valence-corrected chi connectivity index (χ4v) is 3.55. The smallest absolute Gasteiger partial charge is 0.269 e. The summed E-state index contributed by atoms with van der Waals surface area (Å²) in [6.07, 6.45) is 4.55. The van der Waals surface area contributed by atoms with Crippen LogP contribution in [0.2, 0.25) is 0 Å². The highest BCUT2D eigenvalue weighted by molar-refractivity contribution is 5.34. The second-order valence-electron chi connectivity index (χ2n) is 5.72. The molecule has 1 aromatic carbocycles. The largest absolute Gasteiger partial charge is 0.328 e. The molecular weight excluding hydrogens is 242 g/mol. The number of nitrogens with zero attached hydrogens (tertiary/aromatic N) is 2. The van der Waals surface area contributed by atoms with E-state index in [4.69, 9.17) is 5.73 Å². The highest BCUT2D eigenvalue weighted by Crippen LogP contribution is 2.36. The molecule has 2 N–H and O–H groups in total. The molecule has 2 fully saturated rings. The average Bonchev–Trinajstić information content (AvgIpc) is 2.62. The summed E-state index contributed by atoms with van der Waals surface area (Å²) in [6, 6.07) is 8.43. The van der Waals surface area contributed by atoms with E-state index in [1.807, 2.05) is 6.07 Å². The molecule has 19 heavy (non-hydrogen) atoms. The van der Waals surface area contributed by atoms with Crippen LogP contribution < -0.4 is 5.73 Å². The molecule has 5 nitrogen and oxygen atoms in total. The minimum absolute atomic E-state index is 0.179. The van der Waals surface area contributed by atoms with Gasteiger partial charge in [0.1, 0.15) is 0 Å². The predicted octanol–water partition coefficient (Wildman–Crippen LogP) is 2.05. The third kappa shape index (κ3) is 2.48. The van der Waals surface area contributed by atoms with Crippen LogP contribution in [-0.2, 0) is 6.54 Å². The summed E-state index contributed by atoms with van der Waals surface area (Å²) < 4.78 is 0. The van der Waals surface area contributed by atoms with Crippen LogP contribution in [0.4, 0.5) is 5.69 Å². The van der Waals surface area contributed by atoms with Crippen molar-refractivity contribution in [3.63, 3.8) is 0 Å². The van der Waals surface area contributed by atoms with Gasteiger partial charge in [-0.2, -0.15) is 0 Å². The second kappa shape index (κ2) is 4.90. The molecule has 2 saturated heterocycles. The van der Waals surface area contributed by atoms with Gasteiger partial charge in [0.2, 0.25) is 0 Å². The van der Waals surface area contributed by atoms with E-state index in [-0.39, 0.29) is 10.6 Å². The third-order valence-electron chi connectivity index (χ3n) is 4.41. The van der Waals surface area contributed by atoms with Gasteiger partial charge in [-0.25, -0.2) is 0 Å². The maximum atomic E-state index is 10.8. The lowest BCUT2D eigenvalue weighted by molar-refractivity contribution is -0.384. The minimum Gasteiger partial charge on any atom is -0.328 e. The monoisotopic (exact) mass is 261 g/mol. The molecule has 3 rings (SSSR count). The molecule has 0 radical (unpaired) electrons. The van der Waals surface area contributed by atoms with Crippen LogP contribution in [-0.4, -0.2) is 27.9 Å². The number of nitro benzene ring substituents is 1. The summed E-state index contributed by atoms with van der Waals surface area (Å²) in [5, 5.41) is 10.8. The average molecular weight is 261 g/mol. The first kappa shape index (κ1) is 12.6. The molecule has 0 aliphatic carbocycles. The Hall–Kier alpha value is -1.46. The Labute approximate surface area is 112 Å². The molecule has 0 spiro atoms. The van der Waals surface area contributed by atoms with Gasteiger partial charge in [-0.1, -0.05) is 12.1 Å². The van der Waals surface area contributed by atoms with Crippen molar-refractivity contribution in [2.45, 2.75) is 50.4 Å². The number of nitro groups is 1. The van der Waals surface area contributed by atoms with Crippen LogP contribution in [0.25, 0.3) is 0 Å². The Kier molecular flexibility index (Phi) is 3.24. The summed E-state index contributed by atoms with van der Waals surface area (Å²) in [4.78, 5) is 13.0. The van der Waals surface area contributed by atoms with Crippen LogP contribution in [0, 0.1) is 10.1 Å². The lowest BCUT2D eigenvalue weighted by Gasteiger charge is -2.37. The van der Waals surface area contributed by atoms with E-state index in [9.17, 15) is 10.1 Å². The van der Waals surface area contributed by atoms with E-state index in [0.717, 1.165) is 24.9 Å². The number of rotatable bonds is 3. The Bertz CT molecular complexity index is 477. The topological polar surface area (TPSA) is 72.4 Å². The lowest BCUT2D eigenvalue weighted by Crippen LogP contribution is -2.46. The van der Waals surface area contributed by atoms with Gasteiger partial charge in [-0.05, 0) is 31.2 Å². The van der Waals surface area contributed by atoms with E-state index in [1.54, 1.807) is 18.2 Å². The normalized spacial score (nSPS) is 30.5. The van der Waals surface area contributed by atoms with Crippen molar-refractivity contribution in [1.29, 1.82) is 0 Å². The molecule has 0 aromatic heterocycles. The van der Waals surface area contributed by atoms with Crippen molar-refractivity contribution in [2.75, 3.05) is 0 Å². The van der Waals surface area contributed by atoms with Gasteiger partial charge in [-0.3, -0.25) is 15.0 Å². The van der Waals surface area contributed by atoms with Gasteiger partial charge in [0, 0.05) is 36.8 Å². The van der Waals surface area contributed by atoms with Gasteiger partial charge in [0.15, 0.2) is 0 Å². The van der Waals surface area contributed by atoms with E-state index in [2.05, 4.69) is 4.90 Å². The van der Waals surface area contributed by atoms with E-state index < -0.39 is 0 Å². The molecule has 0 amide bonds. The third-order valence-corrected chi connectivity index (χ3v) is 4.41. The zero-order valence-corrected chi connectivity index (χ0v) is 10.9. The molecule has 2 bridgehead atoms. The first-order valence-electron chi connectivity index (χ1n) is 6.88. The number of non-ortho nitro benzene ring substituents is 1. The van der Waals surface area contributed by atoms with Gasteiger partial charge in [0.25, 0.3) is 5.69 Å². The number of fused-ring (bicyclic) bond motifs is 2. The molecule has 5 heteroatoms. The number of benzene rings is 1. The van der Waals surface area contributed by atoms with Crippen molar-refractivity contribution in [1.82, 2.24) is 4.90 Å². The van der Waals surface area contributed by atoms with Crippen LogP contribution in [0.3, 0.4) is 0 Å². The Morgan fingerprint density at radius 1 is 1.32 bits per heavy atom. The first-order chi connectivity index (χ1) is 9.13. The maximum Gasteiger partial charge on any atom is 0.269 e. The molecular formula is C14H19N3O2. The Morgan fingerprint density at radius 3 is 2.63 bits per heavy atom. The molecule has 2 unspecified atom stereocenters. The van der Waals surface area contributed by atoms with E-state index >= 15 is 0 Å². The Morgan fingerprint density at radius 2 is 2.00 bits per heavy atom. The maximum absolute atomic E-state index is 10.8. The van der Waals surface area contributed by atoms with E-state index in [0.29, 0.717) is 18.1 Å². The fraction of sp³-hybridized carbons (Fsp3) is 0.571. The SMILES string of the molecule is NC1CC2CCC(C1)N2Cc1cccc([N+](=O)[O-])c1. The lowest BCUT2D eigenvalue weighted by atomic mass is 9.97. The summed E-state index contributed by atoms with van der Waals surface area (Å²) in [6.45, 7) is 0.809. The predicted molar refractivity (Wildman–Crippen MR) is 72.7 cm³/mol. The van der Waals surface area contributed by atoms with Crippen molar-refractivity contribution >= 4 is 5.69 Å². The van der Waals surface area contributed by atoms with Gasteiger partial charge in [0.05, 0.1) is 4.92 Å². The molecule has 2 atom stereocenters. The highest BCUT2D eigenvalue weighted by atomic mass is 16.6. The molecule has 2 aliphatic rings. The fourth-order valence-electron chi connectivity index (χ4n) is 3.55. The summed E-state index contributed by atoms with van der Waals surface area (Å²) in [7, 11) is 0. The Balaban J connectivity index is 1.75. The summed E-state index contributed by atoms with van der Waals surface area (Å²) in [5.41, 5.74) is 7.27. The van der Waals surface area contributed by atoms with Crippen LogP contribution in [0.5, 0.6) is 0 Å². The van der Waals surface area contributed by atoms with Crippen LogP contribution >= 0.6 is 0 Å². The zero-order valence-electron chi connectivity index (χ0n) is 10.9. The summed E-state index contributed by atoms with van der Waals surface area (Å²) >= 11 is 0. The second-order valence-corrected chi connectivity index (χ2v) is 5.72. The highest BCUT2D eigenvalue weighted by Gasteiger charge is 2.39. The van der Waals surface area contributed by atoms with Crippen molar-refractivity contribution in [2.24, 2.45) is 5.73 Å². The molecule has 0 saturated carbocycles.